The van der Waals surface area contributed by atoms with E-state index in [1.165, 1.54) is 61.2 Å². The van der Waals surface area contributed by atoms with Crippen LogP contribution in [0.2, 0.25) is 0 Å². The summed E-state index contributed by atoms with van der Waals surface area (Å²) >= 11 is 0. The van der Waals surface area contributed by atoms with E-state index < -0.39 is 5.41 Å². The molecule has 0 saturated heterocycles. The summed E-state index contributed by atoms with van der Waals surface area (Å²) in [4.78, 5) is 5.18. The number of benzene rings is 7. The van der Waals surface area contributed by atoms with Crippen molar-refractivity contribution in [2.24, 2.45) is 4.99 Å². The van der Waals surface area contributed by atoms with Crippen LogP contribution in [0, 0.1) is 5.41 Å². The molecule has 0 aliphatic heterocycles. The molecule has 0 radical (unpaired) electrons. The van der Waals surface area contributed by atoms with Gasteiger partial charge in [0.2, 0.25) is 0 Å². The number of amidine groups is 1. The third-order valence-electron chi connectivity index (χ3n) is 11.3. The van der Waals surface area contributed by atoms with Crippen LogP contribution in [-0.2, 0) is 5.41 Å². The van der Waals surface area contributed by atoms with Crippen LogP contribution in [-0.4, -0.2) is 11.5 Å². The molecule has 7 aromatic carbocycles. The van der Waals surface area contributed by atoms with Crippen molar-refractivity contribution in [3.05, 3.63) is 233 Å². The van der Waals surface area contributed by atoms with Gasteiger partial charge in [-0.25, -0.2) is 4.99 Å². The summed E-state index contributed by atoms with van der Waals surface area (Å²) in [6, 6.07) is 61.0. The van der Waals surface area contributed by atoms with E-state index in [0.29, 0.717) is 0 Å². The number of allylic oxidation sites excluding steroid dienone is 4. The molecule has 7 aromatic rings. The topological polar surface area (TPSA) is 36.2 Å². The Labute approximate surface area is 310 Å². The molecule has 2 nitrogen and oxygen atoms in total. The fourth-order valence-electron chi connectivity index (χ4n) is 8.85. The summed E-state index contributed by atoms with van der Waals surface area (Å²) in [7, 11) is 0. The van der Waals surface area contributed by atoms with Crippen LogP contribution in [0.1, 0.15) is 57.3 Å². The van der Waals surface area contributed by atoms with Gasteiger partial charge >= 0.3 is 0 Å². The summed E-state index contributed by atoms with van der Waals surface area (Å²) in [5.41, 5.74) is 18.2. The molecule has 53 heavy (non-hydrogen) atoms. The molecule has 1 N–H and O–H groups in total. The van der Waals surface area contributed by atoms with Gasteiger partial charge in [0.25, 0.3) is 0 Å². The molecular formula is C51H36N2. The van der Waals surface area contributed by atoms with Crippen molar-refractivity contribution in [2.75, 3.05) is 0 Å². The van der Waals surface area contributed by atoms with Crippen LogP contribution in [0.5, 0.6) is 0 Å². The van der Waals surface area contributed by atoms with E-state index in [1.807, 2.05) is 18.2 Å². The lowest BCUT2D eigenvalue weighted by atomic mass is 9.70. The number of rotatable bonds is 5. The van der Waals surface area contributed by atoms with Gasteiger partial charge in [0.05, 0.1) is 11.1 Å². The minimum absolute atomic E-state index is 0.242. The lowest BCUT2D eigenvalue weighted by Crippen LogP contribution is -2.26. The molecule has 10 rings (SSSR count). The van der Waals surface area contributed by atoms with Crippen molar-refractivity contribution in [2.45, 2.75) is 18.3 Å². The van der Waals surface area contributed by atoms with Gasteiger partial charge in [-0.2, -0.15) is 0 Å². The Morgan fingerprint density at radius 2 is 0.981 bits per heavy atom. The average Bonchev–Trinajstić information content (AvgIpc) is 3.71. The predicted molar refractivity (Wildman–Crippen MR) is 220 cm³/mol. The van der Waals surface area contributed by atoms with Crippen LogP contribution in [0.25, 0.3) is 39.0 Å². The molecule has 250 valence electrons. The number of hydrogen-bond donors (Lipinski definition) is 1. The van der Waals surface area contributed by atoms with Crippen LogP contribution in [0.3, 0.4) is 0 Å². The van der Waals surface area contributed by atoms with Gasteiger partial charge in [-0.3, -0.25) is 5.41 Å². The van der Waals surface area contributed by atoms with Gasteiger partial charge in [-0.15, -0.1) is 0 Å². The highest BCUT2D eigenvalue weighted by Gasteiger charge is 2.51. The van der Waals surface area contributed by atoms with Gasteiger partial charge in [0, 0.05) is 16.7 Å². The summed E-state index contributed by atoms with van der Waals surface area (Å²) in [5.74, 6) is 0.242. The zero-order chi connectivity index (χ0) is 35.4. The lowest BCUT2D eigenvalue weighted by molar-refractivity contribution is 0.793. The first-order valence-electron chi connectivity index (χ1n) is 18.4. The van der Waals surface area contributed by atoms with Crippen LogP contribution >= 0.6 is 0 Å². The largest absolute Gasteiger partial charge is 0.282 e. The Balaban J connectivity index is 1.15. The Morgan fingerprint density at radius 3 is 1.58 bits per heavy atom. The van der Waals surface area contributed by atoms with E-state index in [4.69, 9.17) is 4.99 Å². The van der Waals surface area contributed by atoms with Gasteiger partial charge in [0.15, 0.2) is 5.84 Å². The van der Waals surface area contributed by atoms with E-state index in [2.05, 4.69) is 170 Å². The average molecular weight is 677 g/mol. The van der Waals surface area contributed by atoms with Crippen molar-refractivity contribution in [3.8, 4) is 33.4 Å². The molecule has 3 aliphatic rings. The third kappa shape index (κ3) is 4.94. The SMILES string of the molecule is N=C(N=C(c1ccc(-c2ccccc2)cc1)c1ccc2c(c1)C1(c3ccccc3-c3ccccc31)c1ccccc1-2)c1ccc(C2=CC=CCC2)cc1. The van der Waals surface area contributed by atoms with Gasteiger partial charge in [0.1, 0.15) is 0 Å². The van der Waals surface area contributed by atoms with Crippen molar-refractivity contribution >= 4 is 17.1 Å². The maximum Gasteiger partial charge on any atom is 0.152 e. The van der Waals surface area contributed by atoms with E-state index >= 15 is 0 Å². The van der Waals surface area contributed by atoms with Crippen LogP contribution < -0.4 is 0 Å². The highest BCUT2D eigenvalue weighted by atomic mass is 14.8. The smallest absolute Gasteiger partial charge is 0.152 e. The molecule has 0 saturated carbocycles. The van der Waals surface area contributed by atoms with Crippen molar-refractivity contribution in [1.29, 1.82) is 5.41 Å². The molecule has 0 amide bonds. The first kappa shape index (κ1) is 31.1. The molecular weight excluding hydrogens is 641 g/mol. The molecule has 1 spiro atoms. The normalized spacial score (nSPS) is 14.6. The van der Waals surface area contributed by atoms with E-state index in [0.717, 1.165) is 40.8 Å². The summed E-state index contributed by atoms with van der Waals surface area (Å²) in [6.07, 6.45) is 8.63. The monoisotopic (exact) mass is 676 g/mol. The molecule has 3 aliphatic carbocycles. The lowest BCUT2D eigenvalue weighted by Gasteiger charge is -2.30. The summed E-state index contributed by atoms with van der Waals surface area (Å²) < 4.78 is 0. The second-order valence-electron chi connectivity index (χ2n) is 14.1. The van der Waals surface area contributed by atoms with E-state index in [9.17, 15) is 5.41 Å². The van der Waals surface area contributed by atoms with Crippen molar-refractivity contribution in [1.82, 2.24) is 0 Å². The molecule has 0 atom stereocenters. The van der Waals surface area contributed by atoms with Gasteiger partial charge in [-0.05, 0) is 85.7 Å². The minimum atomic E-state index is -0.455. The number of aliphatic imine (C=N–C) groups is 1. The maximum atomic E-state index is 9.35. The number of nitrogens with one attached hydrogen (secondary N) is 1. The first-order chi connectivity index (χ1) is 26.2. The van der Waals surface area contributed by atoms with Crippen LogP contribution in [0.4, 0.5) is 0 Å². The highest BCUT2D eigenvalue weighted by Crippen LogP contribution is 2.62. The molecule has 2 heteroatoms. The number of fused-ring (bicyclic) bond motifs is 10. The second-order valence-corrected chi connectivity index (χ2v) is 14.1. The maximum absolute atomic E-state index is 9.35. The van der Waals surface area contributed by atoms with Crippen LogP contribution in [0.15, 0.2) is 193 Å². The molecule has 0 unspecified atom stereocenters. The predicted octanol–water partition coefficient (Wildman–Crippen LogP) is 12.3. The summed E-state index contributed by atoms with van der Waals surface area (Å²) in [6.45, 7) is 0. The summed E-state index contributed by atoms with van der Waals surface area (Å²) in [5, 5.41) is 9.35. The third-order valence-corrected chi connectivity index (χ3v) is 11.3. The fourth-order valence-corrected chi connectivity index (χ4v) is 8.85. The molecule has 0 bridgehead atoms. The Kier molecular flexibility index (Phi) is 7.37. The number of hydrogen-bond acceptors (Lipinski definition) is 1. The molecule has 0 aromatic heterocycles. The molecule has 0 heterocycles. The van der Waals surface area contributed by atoms with Gasteiger partial charge < -0.3 is 0 Å². The van der Waals surface area contributed by atoms with E-state index in [-0.39, 0.29) is 5.84 Å². The fraction of sp³-hybridized carbons (Fsp3) is 0.0588. The Morgan fingerprint density at radius 1 is 0.472 bits per heavy atom. The quantitative estimate of drug-likeness (QED) is 0.139. The zero-order valence-electron chi connectivity index (χ0n) is 29.3. The standard InChI is InChI=1S/C51H36N2/c52-50(39-29-25-37(26-30-39)35-15-5-2-6-16-35)53-49(38-27-23-36(24-28-38)34-13-3-1-4-14-34)40-31-32-44-43-19-9-12-22-47(43)51(48(44)33-40)45-20-10-7-17-41(45)42-18-8-11-21-46(42)51/h1-5,7-15,17-33,52H,6,16H2. The zero-order valence-corrected chi connectivity index (χ0v) is 29.3. The second kappa shape index (κ2) is 12.5. The highest BCUT2D eigenvalue weighted by molar-refractivity contribution is 6.19. The minimum Gasteiger partial charge on any atom is -0.282 e. The Hall–Kier alpha value is -6.64. The first-order valence-corrected chi connectivity index (χ1v) is 18.4. The number of nitrogens with zero attached hydrogens (tertiary/aromatic N) is 1. The van der Waals surface area contributed by atoms with Crippen molar-refractivity contribution in [3.63, 3.8) is 0 Å². The van der Waals surface area contributed by atoms with Gasteiger partial charge in [-0.1, -0.05) is 182 Å². The van der Waals surface area contributed by atoms with Crippen molar-refractivity contribution < 1.29 is 0 Å². The van der Waals surface area contributed by atoms with E-state index in [1.54, 1.807) is 0 Å². The Bertz CT molecular complexity index is 2590. The molecule has 0 fully saturated rings.